The third-order valence-electron chi connectivity index (χ3n) is 5.57. The van der Waals surface area contributed by atoms with Crippen LogP contribution in [-0.2, 0) is 11.3 Å². The van der Waals surface area contributed by atoms with Crippen molar-refractivity contribution in [2.45, 2.75) is 19.4 Å². The van der Waals surface area contributed by atoms with Gasteiger partial charge in [-0.2, -0.15) is 0 Å². The number of hydrogen-bond donors (Lipinski definition) is 1. The van der Waals surface area contributed by atoms with Crippen molar-refractivity contribution in [1.82, 2.24) is 4.90 Å². The minimum atomic E-state index is -0.0533. The van der Waals surface area contributed by atoms with Crippen molar-refractivity contribution in [3.8, 4) is 5.75 Å². The van der Waals surface area contributed by atoms with Crippen molar-refractivity contribution in [2.75, 3.05) is 25.5 Å². The first-order valence-corrected chi connectivity index (χ1v) is 10.4. The van der Waals surface area contributed by atoms with Crippen LogP contribution in [0.25, 0.3) is 10.8 Å². The maximum absolute atomic E-state index is 12.9. The molecule has 1 aliphatic heterocycles. The number of benzene rings is 3. The first-order chi connectivity index (χ1) is 14.1. The number of halogens is 1. The van der Waals surface area contributed by atoms with Gasteiger partial charge in [0.2, 0.25) is 5.91 Å². The quantitative estimate of drug-likeness (QED) is 0.618. The van der Waals surface area contributed by atoms with Crippen molar-refractivity contribution >= 4 is 34.0 Å². The fraction of sp³-hybridized carbons (Fsp3) is 0.292. The van der Waals surface area contributed by atoms with E-state index in [1.54, 1.807) is 25.3 Å². The number of carbonyl (C=O) groups excluding carboxylic acids is 1. The molecule has 4 nitrogen and oxygen atoms in total. The Hall–Kier alpha value is -2.56. The summed E-state index contributed by atoms with van der Waals surface area (Å²) in [6, 6.07) is 20.1. The normalized spacial score (nSPS) is 17.2. The first kappa shape index (κ1) is 19.7. The van der Waals surface area contributed by atoms with Gasteiger partial charge in [0.1, 0.15) is 5.75 Å². The standard InChI is InChI=1S/C24H25ClN2O2/c1-29-23-12-11-20(25)14-22(23)26-24(28)19-9-5-13-27(16-19)15-18-8-4-7-17-6-2-3-10-21(17)18/h2-4,6-8,10-12,14,19H,5,9,13,15-16H2,1H3,(H,26,28). The highest BCUT2D eigenvalue weighted by Gasteiger charge is 2.26. The second-order valence-electron chi connectivity index (χ2n) is 7.55. The molecule has 29 heavy (non-hydrogen) atoms. The van der Waals surface area contributed by atoms with Crippen LogP contribution in [-0.4, -0.2) is 31.0 Å². The van der Waals surface area contributed by atoms with E-state index >= 15 is 0 Å². The van der Waals surface area contributed by atoms with Gasteiger partial charge >= 0.3 is 0 Å². The third-order valence-corrected chi connectivity index (χ3v) is 5.80. The average Bonchev–Trinajstić information content (AvgIpc) is 2.74. The topological polar surface area (TPSA) is 41.6 Å². The SMILES string of the molecule is COc1ccc(Cl)cc1NC(=O)C1CCCN(Cc2cccc3ccccc23)C1. The Kier molecular flexibility index (Phi) is 6.02. The van der Waals surface area contributed by atoms with Crippen molar-refractivity contribution < 1.29 is 9.53 Å². The molecule has 0 saturated carbocycles. The van der Waals surface area contributed by atoms with E-state index in [-0.39, 0.29) is 11.8 Å². The molecule has 3 aromatic rings. The molecule has 1 saturated heterocycles. The van der Waals surface area contributed by atoms with Gasteiger partial charge in [-0.3, -0.25) is 9.69 Å². The summed E-state index contributed by atoms with van der Waals surface area (Å²) in [5.74, 6) is 0.585. The van der Waals surface area contributed by atoms with Crippen molar-refractivity contribution in [3.63, 3.8) is 0 Å². The third kappa shape index (κ3) is 4.55. The molecular formula is C24H25ClN2O2. The van der Waals surface area contributed by atoms with E-state index in [2.05, 4.69) is 52.7 Å². The summed E-state index contributed by atoms with van der Waals surface area (Å²) in [6.07, 6.45) is 1.90. The molecule has 0 aliphatic carbocycles. The highest BCUT2D eigenvalue weighted by molar-refractivity contribution is 6.31. The van der Waals surface area contributed by atoms with E-state index in [1.165, 1.54) is 16.3 Å². The number of nitrogens with one attached hydrogen (secondary N) is 1. The number of amides is 1. The van der Waals surface area contributed by atoms with Gasteiger partial charge in [0, 0.05) is 18.1 Å². The molecule has 3 aromatic carbocycles. The van der Waals surface area contributed by atoms with Gasteiger partial charge in [-0.15, -0.1) is 0 Å². The number of carbonyl (C=O) groups is 1. The van der Waals surface area contributed by atoms with Crippen LogP contribution in [0.2, 0.25) is 5.02 Å². The van der Waals surface area contributed by atoms with Crippen LogP contribution in [0, 0.1) is 5.92 Å². The molecule has 1 fully saturated rings. The van der Waals surface area contributed by atoms with Crippen LogP contribution in [0.15, 0.2) is 60.7 Å². The predicted molar refractivity (Wildman–Crippen MR) is 119 cm³/mol. The number of methoxy groups -OCH3 is 1. The van der Waals surface area contributed by atoms with Gasteiger partial charge in [-0.25, -0.2) is 0 Å². The number of ether oxygens (including phenoxy) is 1. The van der Waals surface area contributed by atoms with Gasteiger partial charge in [0.25, 0.3) is 0 Å². The molecule has 1 N–H and O–H groups in total. The Morgan fingerprint density at radius 3 is 2.86 bits per heavy atom. The molecular weight excluding hydrogens is 384 g/mol. The summed E-state index contributed by atoms with van der Waals surface area (Å²) in [6.45, 7) is 2.61. The maximum atomic E-state index is 12.9. The van der Waals surface area contributed by atoms with E-state index in [1.807, 2.05) is 0 Å². The summed E-state index contributed by atoms with van der Waals surface area (Å²) in [5.41, 5.74) is 1.93. The molecule has 1 aliphatic rings. The van der Waals surface area contributed by atoms with E-state index in [9.17, 15) is 4.79 Å². The first-order valence-electron chi connectivity index (χ1n) is 9.97. The monoisotopic (exact) mass is 408 g/mol. The van der Waals surface area contributed by atoms with Gasteiger partial charge in [0.15, 0.2) is 0 Å². The van der Waals surface area contributed by atoms with Crippen LogP contribution in [0.4, 0.5) is 5.69 Å². The number of fused-ring (bicyclic) bond motifs is 1. The van der Waals surface area contributed by atoms with Gasteiger partial charge in [-0.05, 0) is 53.9 Å². The van der Waals surface area contributed by atoms with Crippen LogP contribution in [0.3, 0.4) is 0 Å². The molecule has 150 valence electrons. The van der Waals surface area contributed by atoms with E-state index in [4.69, 9.17) is 16.3 Å². The average molecular weight is 409 g/mol. The second-order valence-corrected chi connectivity index (χ2v) is 7.98. The van der Waals surface area contributed by atoms with E-state index < -0.39 is 0 Å². The van der Waals surface area contributed by atoms with Crippen molar-refractivity contribution in [1.29, 1.82) is 0 Å². The molecule has 0 aromatic heterocycles. The highest BCUT2D eigenvalue weighted by Crippen LogP contribution is 2.29. The molecule has 1 heterocycles. The Labute approximate surface area is 176 Å². The largest absolute Gasteiger partial charge is 0.495 e. The fourth-order valence-corrected chi connectivity index (χ4v) is 4.27. The van der Waals surface area contributed by atoms with Crippen molar-refractivity contribution in [3.05, 3.63) is 71.2 Å². The smallest absolute Gasteiger partial charge is 0.228 e. The highest BCUT2D eigenvalue weighted by atomic mass is 35.5. The molecule has 0 radical (unpaired) electrons. The molecule has 0 spiro atoms. The van der Waals surface area contributed by atoms with E-state index in [0.717, 1.165) is 32.5 Å². The summed E-state index contributed by atoms with van der Waals surface area (Å²) < 4.78 is 5.35. The Morgan fingerprint density at radius 1 is 1.17 bits per heavy atom. The van der Waals surface area contributed by atoms with Crippen LogP contribution < -0.4 is 10.1 Å². The lowest BCUT2D eigenvalue weighted by Crippen LogP contribution is -2.40. The minimum absolute atomic E-state index is 0.0215. The number of nitrogens with zero attached hydrogens (tertiary/aromatic N) is 1. The van der Waals surface area contributed by atoms with E-state index in [0.29, 0.717) is 16.5 Å². The zero-order chi connectivity index (χ0) is 20.2. The molecule has 0 bridgehead atoms. The Bertz CT molecular complexity index is 1020. The number of piperidine rings is 1. The van der Waals surface area contributed by atoms with Gasteiger partial charge in [-0.1, -0.05) is 54.1 Å². The lowest BCUT2D eigenvalue weighted by Gasteiger charge is -2.32. The Morgan fingerprint density at radius 2 is 2.00 bits per heavy atom. The van der Waals surface area contributed by atoms with Gasteiger partial charge < -0.3 is 10.1 Å². The summed E-state index contributed by atoms with van der Waals surface area (Å²) >= 11 is 6.09. The number of likely N-dealkylation sites (tertiary alicyclic amines) is 1. The number of anilines is 1. The minimum Gasteiger partial charge on any atom is -0.495 e. The van der Waals surface area contributed by atoms with Crippen LogP contribution in [0.1, 0.15) is 18.4 Å². The summed E-state index contributed by atoms with van der Waals surface area (Å²) in [5, 5.41) is 6.12. The summed E-state index contributed by atoms with van der Waals surface area (Å²) in [7, 11) is 1.59. The number of rotatable bonds is 5. The zero-order valence-electron chi connectivity index (χ0n) is 16.5. The van der Waals surface area contributed by atoms with Crippen LogP contribution in [0.5, 0.6) is 5.75 Å². The molecule has 1 unspecified atom stereocenters. The van der Waals surface area contributed by atoms with Crippen molar-refractivity contribution in [2.24, 2.45) is 5.92 Å². The zero-order valence-corrected chi connectivity index (χ0v) is 17.3. The van der Waals surface area contributed by atoms with Gasteiger partial charge in [0.05, 0.1) is 18.7 Å². The molecule has 4 rings (SSSR count). The molecule has 1 atom stereocenters. The molecule has 1 amide bonds. The predicted octanol–water partition coefficient (Wildman–Crippen LogP) is 5.35. The lowest BCUT2D eigenvalue weighted by molar-refractivity contribution is -0.121. The fourth-order valence-electron chi connectivity index (χ4n) is 4.10. The lowest BCUT2D eigenvalue weighted by atomic mass is 9.96. The Balaban J connectivity index is 1.45. The summed E-state index contributed by atoms with van der Waals surface area (Å²) in [4.78, 5) is 15.3. The number of hydrogen-bond acceptors (Lipinski definition) is 3. The maximum Gasteiger partial charge on any atom is 0.228 e. The molecule has 5 heteroatoms. The second kappa shape index (κ2) is 8.85. The van der Waals surface area contributed by atoms with Crippen LogP contribution >= 0.6 is 11.6 Å².